The van der Waals surface area contributed by atoms with Gasteiger partial charge in [0.15, 0.2) is 0 Å². The van der Waals surface area contributed by atoms with Gasteiger partial charge in [-0.2, -0.15) is 0 Å². The summed E-state index contributed by atoms with van der Waals surface area (Å²) in [6.45, 7) is 8.98. The van der Waals surface area contributed by atoms with Crippen molar-refractivity contribution in [2.45, 2.75) is 51.8 Å². The minimum absolute atomic E-state index is 0.0296. The molecule has 0 aliphatic carbocycles. The molecule has 116 valence electrons. The van der Waals surface area contributed by atoms with Crippen LogP contribution in [0.15, 0.2) is 24.3 Å². The molecule has 0 aliphatic rings. The first kappa shape index (κ1) is 17.8. The maximum absolute atomic E-state index is 9.90. The number of aliphatic hydroxyl groups is 1. The zero-order valence-electron chi connectivity index (χ0n) is 13.6. The van der Waals surface area contributed by atoms with Crippen LogP contribution in [0, 0.1) is 11.5 Å². The molecule has 0 spiro atoms. The lowest BCUT2D eigenvalue weighted by Gasteiger charge is -2.15. The Morgan fingerprint density at radius 3 is 2.33 bits per heavy atom. The van der Waals surface area contributed by atoms with Crippen molar-refractivity contribution in [1.29, 1.82) is 0 Å². The second-order valence-corrected chi connectivity index (χ2v) is 11.0. The van der Waals surface area contributed by atoms with Gasteiger partial charge in [0.05, 0.1) is 19.8 Å². The lowest BCUT2D eigenvalue weighted by atomic mass is 10.2. The first-order valence-corrected chi connectivity index (χ1v) is 10.8. The van der Waals surface area contributed by atoms with E-state index in [4.69, 9.17) is 9.47 Å². The fraction of sp³-hybridized carbons (Fsp3) is 0.529. The third-order valence-corrected chi connectivity index (χ3v) is 3.76. The fourth-order valence-corrected chi connectivity index (χ4v) is 2.30. The number of benzene rings is 1. The molecule has 1 aromatic carbocycles. The van der Waals surface area contributed by atoms with Crippen LogP contribution in [0.2, 0.25) is 19.6 Å². The second kappa shape index (κ2) is 8.23. The third kappa shape index (κ3) is 7.91. The molecule has 4 heteroatoms. The SMILES string of the molecule is COc1ccc(CO[C@H](C)C[C@@H](O)C#C[Si](C)(C)C)cc1. The zero-order chi connectivity index (χ0) is 15.9. The van der Waals surface area contributed by atoms with E-state index in [9.17, 15) is 5.11 Å². The van der Waals surface area contributed by atoms with Gasteiger partial charge in [-0.3, -0.25) is 0 Å². The summed E-state index contributed by atoms with van der Waals surface area (Å²) in [7, 11) is 0.224. The summed E-state index contributed by atoms with van der Waals surface area (Å²) in [5, 5.41) is 9.90. The normalized spacial score (nSPS) is 14.0. The van der Waals surface area contributed by atoms with Crippen molar-refractivity contribution in [1.82, 2.24) is 0 Å². The molecule has 2 atom stereocenters. The summed E-state index contributed by atoms with van der Waals surface area (Å²) in [5.41, 5.74) is 4.27. The van der Waals surface area contributed by atoms with Gasteiger partial charge in [-0.1, -0.05) is 37.7 Å². The molecule has 0 aliphatic heterocycles. The van der Waals surface area contributed by atoms with E-state index >= 15 is 0 Å². The number of hydrogen-bond acceptors (Lipinski definition) is 3. The van der Waals surface area contributed by atoms with Gasteiger partial charge in [-0.25, -0.2) is 0 Å². The molecular formula is C17H26O3Si. The number of aliphatic hydroxyl groups excluding tert-OH is 1. The number of methoxy groups -OCH3 is 1. The van der Waals surface area contributed by atoms with Crippen LogP contribution < -0.4 is 4.74 Å². The quantitative estimate of drug-likeness (QED) is 0.648. The summed E-state index contributed by atoms with van der Waals surface area (Å²) < 4.78 is 10.9. The maximum Gasteiger partial charge on any atom is 0.129 e. The summed E-state index contributed by atoms with van der Waals surface area (Å²) in [6.07, 6.45) is -0.103. The average Bonchev–Trinajstić information content (AvgIpc) is 2.43. The van der Waals surface area contributed by atoms with Crippen molar-refractivity contribution in [2.75, 3.05) is 7.11 Å². The number of ether oxygens (including phenoxy) is 2. The van der Waals surface area contributed by atoms with Gasteiger partial charge in [0, 0.05) is 6.42 Å². The Bertz CT molecular complexity index is 479. The van der Waals surface area contributed by atoms with Gasteiger partial charge in [-0.15, -0.1) is 5.54 Å². The highest BCUT2D eigenvalue weighted by molar-refractivity contribution is 6.83. The van der Waals surface area contributed by atoms with Crippen molar-refractivity contribution in [3.63, 3.8) is 0 Å². The topological polar surface area (TPSA) is 38.7 Å². The lowest BCUT2D eigenvalue weighted by Crippen LogP contribution is -2.20. The predicted molar refractivity (Wildman–Crippen MR) is 89.0 cm³/mol. The molecule has 0 saturated carbocycles. The van der Waals surface area contributed by atoms with Crippen molar-refractivity contribution < 1.29 is 14.6 Å². The van der Waals surface area contributed by atoms with Gasteiger partial charge in [-0.05, 0) is 24.6 Å². The Labute approximate surface area is 129 Å². The van der Waals surface area contributed by atoms with Crippen LogP contribution in [0.1, 0.15) is 18.9 Å². The summed E-state index contributed by atoms with van der Waals surface area (Å²) in [4.78, 5) is 0. The lowest BCUT2D eigenvalue weighted by molar-refractivity contribution is 0.0263. The Balaban J connectivity index is 2.39. The Morgan fingerprint density at radius 1 is 1.19 bits per heavy atom. The van der Waals surface area contributed by atoms with Crippen molar-refractivity contribution >= 4 is 8.07 Å². The summed E-state index contributed by atoms with van der Waals surface area (Å²) >= 11 is 0. The Hall–Kier alpha value is -1.28. The molecule has 0 heterocycles. The van der Waals surface area contributed by atoms with Crippen molar-refractivity contribution in [3.05, 3.63) is 29.8 Å². The van der Waals surface area contributed by atoms with Gasteiger partial charge < -0.3 is 14.6 Å². The monoisotopic (exact) mass is 306 g/mol. The van der Waals surface area contributed by atoms with E-state index < -0.39 is 14.2 Å². The predicted octanol–water partition coefficient (Wildman–Crippen LogP) is 3.23. The molecule has 0 radical (unpaired) electrons. The van der Waals surface area contributed by atoms with Gasteiger partial charge in [0.25, 0.3) is 0 Å². The van der Waals surface area contributed by atoms with Crippen molar-refractivity contribution in [2.24, 2.45) is 0 Å². The van der Waals surface area contributed by atoms with Gasteiger partial charge in [0.2, 0.25) is 0 Å². The standard InChI is InChI=1S/C17H26O3Si/c1-14(12-16(18)10-11-21(3,4)5)20-13-15-6-8-17(19-2)9-7-15/h6-9,14,16,18H,12-13H2,1-5H3/t14-,16+/m1/s1. The van der Waals surface area contributed by atoms with Crippen LogP contribution in [-0.2, 0) is 11.3 Å². The molecular weight excluding hydrogens is 280 g/mol. The van der Waals surface area contributed by atoms with E-state index in [0.717, 1.165) is 11.3 Å². The van der Waals surface area contributed by atoms with E-state index in [1.165, 1.54) is 0 Å². The van der Waals surface area contributed by atoms with Crippen LogP contribution in [0.25, 0.3) is 0 Å². The molecule has 0 fully saturated rings. The van der Waals surface area contributed by atoms with Crippen molar-refractivity contribution in [3.8, 4) is 17.2 Å². The molecule has 0 unspecified atom stereocenters. The van der Waals surface area contributed by atoms with E-state index in [1.54, 1.807) is 7.11 Å². The van der Waals surface area contributed by atoms with Crippen LogP contribution >= 0.6 is 0 Å². The van der Waals surface area contributed by atoms with Crippen LogP contribution in [-0.4, -0.2) is 32.5 Å². The molecule has 0 saturated heterocycles. The number of hydrogen-bond donors (Lipinski definition) is 1. The highest BCUT2D eigenvalue weighted by Crippen LogP contribution is 2.13. The smallest absolute Gasteiger partial charge is 0.129 e. The Kier molecular flexibility index (Phi) is 6.96. The first-order valence-electron chi connectivity index (χ1n) is 7.25. The minimum atomic E-state index is -1.43. The minimum Gasteiger partial charge on any atom is -0.497 e. The second-order valence-electron chi connectivity index (χ2n) is 6.24. The molecule has 1 aromatic rings. The molecule has 3 nitrogen and oxygen atoms in total. The summed E-state index contributed by atoms with van der Waals surface area (Å²) in [5.74, 6) is 3.77. The largest absolute Gasteiger partial charge is 0.497 e. The molecule has 0 aromatic heterocycles. The highest BCUT2D eigenvalue weighted by Gasteiger charge is 2.11. The Morgan fingerprint density at radius 2 is 1.81 bits per heavy atom. The van der Waals surface area contributed by atoms with Gasteiger partial charge in [0.1, 0.15) is 19.9 Å². The number of rotatable bonds is 6. The molecule has 0 bridgehead atoms. The van der Waals surface area contributed by atoms with E-state index in [-0.39, 0.29) is 6.10 Å². The van der Waals surface area contributed by atoms with Crippen LogP contribution in [0.3, 0.4) is 0 Å². The van der Waals surface area contributed by atoms with E-state index in [2.05, 4.69) is 31.1 Å². The maximum atomic E-state index is 9.90. The molecule has 0 amide bonds. The first-order chi connectivity index (χ1) is 9.80. The fourth-order valence-electron chi connectivity index (χ4n) is 1.70. The molecule has 1 N–H and O–H groups in total. The van der Waals surface area contributed by atoms with Crippen LogP contribution in [0.5, 0.6) is 5.75 Å². The summed E-state index contributed by atoms with van der Waals surface area (Å²) in [6, 6.07) is 7.79. The van der Waals surface area contributed by atoms with Gasteiger partial charge >= 0.3 is 0 Å². The zero-order valence-corrected chi connectivity index (χ0v) is 14.6. The van der Waals surface area contributed by atoms with Crippen LogP contribution in [0.4, 0.5) is 0 Å². The third-order valence-electron chi connectivity index (χ3n) is 2.86. The highest BCUT2D eigenvalue weighted by atomic mass is 28.3. The molecule has 21 heavy (non-hydrogen) atoms. The average molecular weight is 306 g/mol. The molecule has 1 rings (SSSR count). The van der Waals surface area contributed by atoms with E-state index in [0.29, 0.717) is 13.0 Å². The van der Waals surface area contributed by atoms with E-state index in [1.807, 2.05) is 31.2 Å².